The number of hydrazone groups is 1. The summed E-state index contributed by atoms with van der Waals surface area (Å²) in [6, 6.07) is 13.3. The van der Waals surface area contributed by atoms with Crippen LogP contribution in [0, 0.1) is 0 Å². The topological polar surface area (TPSA) is 82.3 Å². The lowest BCUT2D eigenvalue weighted by molar-refractivity contribution is -0.124. The maximum atomic E-state index is 12.0. The van der Waals surface area contributed by atoms with Crippen LogP contribution in [0.4, 0.5) is 5.69 Å². The average Bonchev–Trinajstić information content (AvgIpc) is 2.95. The number of amides is 1. The van der Waals surface area contributed by atoms with Gasteiger partial charge in [-0.3, -0.25) is 4.79 Å². The summed E-state index contributed by atoms with van der Waals surface area (Å²) in [5, 5.41) is 15.5. The minimum absolute atomic E-state index is 0.113. The number of carboxylic acids is 1. The molecule has 1 aliphatic rings. The van der Waals surface area contributed by atoms with Crippen LogP contribution in [0.2, 0.25) is 5.02 Å². The van der Waals surface area contributed by atoms with E-state index in [9.17, 15) is 14.7 Å². The largest absolute Gasteiger partial charge is 0.478 e. The van der Waals surface area contributed by atoms with E-state index in [1.807, 2.05) is 0 Å². The monoisotopic (exact) mass is 373 g/mol. The summed E-state index contributed by atoms with van der Waals surface area (Å²) < 4.78 is 0. The second-order valence-electron chi connectivity index (χ2n) is 5.00. The summed E-state index contributed by atoms with van der Waals surface area (Å²) in [5.41, 5.74) is 1.17. The normalized spacial score (nSPS) is 16.1. The first-order valence-corrected chi connectivity index (χ1v) is 8.57. The van der Waals surface area contributed by atoms with Crippen LogP contribution in [0.3, 0.4) is 0 Å². The molecule has 0 bridgehead atoms. The smallest absolute Gasteiger partial charge is 0.336 e. The Morgan fingerprint density at radius 3 is 2.64 bits per heavy atom. The maximum absolute atomic E-state index is 12.0. The van der Waals surface area contributed by atoms with Gasteiger partial charge in [-0.15, -0.1) is 0 Å². The molecular weight excluding hydrogens is 362 g/mol. The number of hydrogen-bond acceptors (Lipinski definition) is 5. The Balaban J connectivity index is 1.88. The van der Waals surface area contributed by atoms with Crippen LogP contribution in [0.25, 0.3) is 0 Å². The third kappa shape index (κ3) is 4.07. The van der Waals surface area contributed by atoms with Crippen molar-refractivity contribution in [2.75, 3.05) is 5.75 Å². The van der Waals surface area contributed by atoms with Gasteiger partial charge in [0.25, 0.3) is 5.91 Å². The third-order valence-electron chi connectivity index (χ3n) is 3.30. The second kappa shape index (κ2) is 7.50. The van der Waals surface area contributed by atoms with Crippen molar-refractivity contribution in [3.8, 4) is 0 Å². The van der Waals surface area contributed by atoms with Crippen molar-refractivity contribution in [3.63, 3.8) is 0 Å². The first-order chi connectivity index (χ1) is 12.0. The maximum Gasteiger partial charge on any atom is 0.336 e. The molecule has 1 heterocycles. The van der Waals surface area contributed by atoms with Crippen molar-refractivity contribution in [1.29, 1.82) is 0 Å². The van der Waals surface area contributed by atoms with E-state index in [1.54, 1.807) is 42.5 Å². The fourth-order valence-corrected chi connectivity index (χ4v) is 3.04. The molecule has 2 aromatic carbocycles. The number of amidine groups is 1. The van der Waals surface area contributed by atoms with Gasteiger partial charge in [0, 0.05) is 10.6 Å². The molecule has 1 aliphatic heterocycles. The number of carbonyl (C=O) groups is 2. The number of rotatable bonds is 4. The minimum atomic E-state index is -1.06. The zero-order valence-electron chi connectivity index (χ0n) is 12.8. The molecule has 0 aromatic heterocycles. The van der Waals surface area contributed by atoms with E-state index >= 15 is 0 Å². The fraction of sp³-hybridized carbons (Fsp3) is 0.0588. The van der Waals surface area contributed by atoms with Gasteiger partial charge >= 0.3 is 5.97 Å². The van der Waals surface area contributed by atoms with E-state index in [-0.39, 0.29) is 17.2 Å². The SMILES string of the molecule is O=C(O)c1ccccc1C=NN1C(=O)CSC1=Nc1ccc(Cl)cc1. The van der Waals surface area contributed by atoms with Crippen LogP contribution in [0.5, 0.6) is 0 Å². The number of aliphatic imine (C=N–C) groups is 1. The first kappa shape index (κ1) is 17.2. The van der Waals surface area contributed by atoms with Gasteiger partial charge in [0.1, 0.15) is 0 Å². The van der Waals surface area contributed by atoms with Crippen LogP contribution in [0.15, 0.2) is 58.6 Å². The number of thioether (sulfide) groups is 1. The van der Waals surface area contributed by atoms with Crippen LogP contribution in [-0.2, 0) is 4.79 Å². The molecule has 0 aliphatic carbocycles. The predicted molar refractivity (Wildman–Crippen MR) is 98.8 cm³/mol. The Labute approximate surface area is 152 Å². The zero-order valence-corrected chi connectivity index (χ0v) is 14.4. The van der Waals surface area contributed by atoms with Crippen molar-refractivity contribution in [2.45, 2.75) is 0 Å². The Morgan fingerprint density at radius 1 is 1.20 bits per heavy atom. The van der Waals surface area contributed by atoms with E-state index in [0.29, 0.717) is 21.4 Å². The van der Waals surface area contributed by atoms with Crippen LogP contribution in [0.1, 0.15) is 15.9 Å². The van der Waals surface area contributed by atoms with Crippen molar-refractivity contribution < 1.29 is 14.7 Å². The number of benzene rings is 2. The molecule has 1 saturated heterocycles. The molecule has 1 N–H and O–H groups in total. The highest BCUT2D eigenvalue weighted by Crippen LogP contribution is 2.25. The van der Waals surface area contributed by atoms with Gasteiger partial charge < -0.3 is 5.11 Å². The molecule has 25 heavy (non-hydrogen) atoms. The van der Waals surface area contributed by atoms with E-state index in [2.05, 4.69) is 10.1 Å². The van der Waals surface area contributed by atoms with Gasteiger partial charge in [-0.25, -0.2) is 9.79 Å². The highest BCUT2D eigenvalue weighted by atomic mass is 35.5. The summed E-state index contributed by atoms with van der Waals surface area (Å²) in [7, 11) is 0. The molecule has 2 aromatic rings. The van der Waals surface area contributed by atoms with Gasteiger partial charge in [-0.1, -0.05) is 41.6 Å². The molecule has 3 rings (SSSR count). The average molecular weight is 374 g/mol. The van der Waals surface area contributed by atoms with E-state index < -0.39 is 5.97 Å². The van der Waals surface area contributed by atoms with Crippen LogP contribution >= 0.6 is 23.4 Å². The molecule has 6 nitrogen and oxygen atoms in total. The van der Waals surface area contributed by atoms with Gasteiger partial charge in [0.05, 0.1) is 23.2 Å². The highest BCUT2D eigenvalue weighted by Gasteiger charge is 2.28. The molecule has 0 radical (unpaired) electrons. The molecule has 0 spiro atoms. The van der Waals surface area contributed by atoms with Crippen molar-refractivity contribution >= 4 is 52.3 Å². The summed E-state index contributed by atoms with van der Waals surface area (Å²) in [6.45, 7) is 0. The lowest BCUT2D eigenvalue weighted by Crippen LogP contribution is -2.24. The van der Waals surface area contributed by atoms with Crippen molar-refractivity contribution in [2.24, 2.45) is 10.1 Å². The Kier molecular flexibility index (Phi) is 5.16. The predicted octanol–water partition coefficient (Wildman–Crippen LogP) is 3.64. The Morgan fingerprint density at radius 2 is 1.92 bits per heavy atom. The fourth-order valence-electron chi connectivity index (χ4n) is 2.10. The second-order valence-corrected chi connectivity index (χ2v) is 6.38. The summed E-state index contributed by atoms with van der Waals surface area (Å²) in [6.07, 6.45) is 1.35. The molecule has 8 heteroatoms. The molecule has 0 unspecified atom stereocenters. The van der Waals surface area contributed by atoms with E-state index in [4.69, 9.17) is 11.6 Å². The quantitative estimate of drug-likeness (QED) is 0.829. The van der Waals surface area contributed by atoms with Crippen LogP contribution in [-0.4, -0.2) is 39.1 Å². The summed E-state index contributed by atoms with van der Waals surface area (Å²) in [4.78, 5) is 27.7. The highest BCUT2D eigenvalue weighted by molar-refractivity contribution is 8.15. The van der Waals surface area contributed by atoms with E-state index in [1.165, 1.54) is 29.1 Å². The number of carboxylic acid groups (broad SMARTS) is 1. The third-order valence-corrected chi connectivity index (χ3v) is 4.46. The number of aromatic carboxylic acids is 1. The van der Waals surface area contributed by atoms with Gasteiger partial charge in [-0.05, 0) is 30.3 Å². The van der Waals surface area contributed by atoms with Crippen molar-refractivity contribution in [1.82, 2.24) is 5.01 Å². The number of carbonyl (C=O) groups excluding carboxylic acids is 1. The summed E-state index contributed by atoms with van der Waals surface area (Å²) in [5.74, 6) is -1.05. The lowest BCUT2D eigenvalue weighted by Gasteiger charge is -2.09. The first-order valence-electron chi connectivity index (χ1n) is 7.21. The number of nitrogens with zero attached hydrogens (tertiary/aromatic N) is 3. The summed E-state index contributed by atoms with van der Waals surface area (Å²) >= 11 is 7.11. The Hall–Kier alpha value is -2.64. The molecule has 1 fully saturated rings. The van der Waals surface area contributed by atoms with Gasteiger partial charge in [0.2, 0.25) is 0 Å². The van der Waals surface area contributed by atoms with Gasteiger partial charge in [-0.2, -0.15) is 10.1 Å². The van der Waals surface area contributed by atoms with Crippen molar-refractivity contribution in [3.05, 3.63) is 64.7 Å². The number of halogens is 1. The molecule has 1 amide bonds. The minimum Gasteiger partial charge on any atom is -0.478 e. The molecule has 0 atom stereocenters. The van der Waals surface area contributed by atoms with Crippen LogP contribution < -0.4 is 0 Å². The van der Waals surface area contributed by atoms with E-state index in [0.717, 1.165) is 0 Å². The number of hydrogen-bond donors (Lipinski definition) is 1. The molecule has 126 valence electrons. The molecular formula is C17H12ClN3O3S. The molecule has 0 saturated carbocycles. The Bertz CT molecular complexity index is 881. The standard InChI is InChI=1S/C17H12ClN3O3S/c18-12-5-7-13(8-6-12)20-17-21(15(22)10-25-17)19-9-11-3-1-2-4-14(11)16(23)24/h1-9H,10H2,(H,23,24). The lowest BCUT2D eigenvalue weighted by atomic mass is 10.1. The van der Waals surface area contributed by atoms with Gasteiger partial charge in [0.15, 0.2) is 5.17 Å². The zero-order chi connectivity index (χ0) is 17.8.